The molecule has 2 N–H and O–H groups in total. The van der Waals surface area contributed by atoms with Crippen LogP contribution in [0.25, 0.3) is 11.1 Å². The van der Waals surface area contributed by atoms with E-state index < -0.39 is 10.1 Å². The van der Waals surface area contributed by atoms with Crippen LogP contribution in [0, 0.1) is 0 Å². The minimum absolute atomic E-state index is 0.179. The number of hydrogen-bond acceptors (Lipinski definition) is 7. The van der Waals surface area contributed by atoms with E-state index >= 15 is 0 Å². The van der Waals surface area contributed by atoms with Crippen LogP contribution >= 0.6 is 12.0 Å². The highest BCUT2D eigenvalue weighted by atomic mass is 32.2. The summed E-state index contributed by atoms with van der Waals surface area (Å²) in [5, 5.41) is 8.44. The lowest BCUT2D eigenvalue weighted by Gasteiger charge is -2.19. The molecule has 0 aromatic heterocycles. The Hall–Kier alpha value is -3.60. The summed E-state index contributed by atoms with van der Waals surface area (Å²) in [6, 6.07) is 36.2. The minimum Gasteiger partial charge on any atom is -0.494 e. The number of rotatable bonds is 15. The van der Waals surface area contributed by atoms with Gasteiger partial charge in [0.2, 0.25) is 0 Å². The van der Waals surface area contributed by atoms with Crippen LogP contribution in [0.3, 0.4) is 0 Å². The molecule has 0 unspecified atom stereocenters. The summed E-state index contributed by atoms with van der Waals surface area (Å²) in [5.41, 5.74) is 6.23. The number of ether oxygens (including phenoxy) is 2. The van der Waals surface area contributed by atoms with Crippen molar-refractivity contribution in [2.75, 3.05) is 24.7 Å². The van der Waals surface area contributed by atoms with Crippen molar-refractivity contribution in [1.82, 2.24) is 0 Å². The van der Waals surface area contributed by atoms with Crippen LogP contribution in [-0.2, 0) is 14.5 Å². The molecule has 0 amide bonds. The molecule has 0 radical (unpaired) electrons. The molecule has 0 bridgehead atoms. The molecule has 0 saturated heterocycles. The Labute approximate surface area is 245 Å². The maximum Gasteiger partial charge on any atom is 0.264 e. The van der Waals surface area contributed by atoms with E-state index in [9.17, 15) is 8.42 Å². The SMILES string of the molecule is O=S(=O)(O)CCCOc1ccc(/C(=C(\c2ccccc2)c2ccc(OCCCSOO)cc2)c2ccccc2)cc1. The Balaban J connectivity index is 1.69. The Kier molecular flexibility index (Phi) is 11.4. The fourth-order valence-electron chi connectivity index (χ4n) is 4.33. The van der Waals surface area contributed by atoms with E-state index in [0.717, 1.165) is 57.6 Å². The lowest BCUT2D eigenvalue weighted by atomic mass is 9.86. The van der Waals surface area contributed by atoms with Gasteiger partial charge < -0.3 is 9.47 Å². The fourth-order valence-corrected chi connectivity index (χ4v) is 5.13. The molecule has 7 nitrogen and oxygen atoms in total. The normalized spacial score (nSPS) is 12.0. The van der Waals surface area contributed by atoms with Crippen LogP contribution in [-0.4, -0.2) is 42.9 Å². The van der Waals surface area contributed by atoms with Gasteiger partial charge in [-0.25, -0.2) is 5.26 Å². The number of benzene rings is 4. The van der Waals surface area contributed by atoms with Gasteiger partial charge in [0.1, 0.15) is 11.5 Å². The van der Waals surface area contributed by atoms with Gasteiger partial charge in [-0.05, 0) is 70.5 Å². The maximum absolute atomic E-state index is 11.0. The first-order valence-electron chi connectivity index (χ1n) is 13.1. The van der Waals surface area contributed by atoms with E-state index in [2.05, 4.69) is 40.7 Å². The summed E-state index contributed by atoms with van der Waals surface area (Å²) in [6.07, 6.45) is 0.935. The molecule has 4 aromatic carbocycles. The molecule has 0 atom stereocenters. The largest absolute Gasteiger partial charge is 0.494 e. The Morgan fingerprint density at radius 2 is 1.02 bits per heavy atom. The van der Waals surface area contributed by atoms with Crippen molar-refractivity contribution in [2.24, 2.45) is 0 Å². The van der Waals surface area contributed by atoms with Crippen molar-refractivity contribution in [3.63, 3.8) is 0 Å². The lowest BCUT2D eigenvalue weighted by molar-refractivity contribution is -0.116. The molecule has 0 aliphatic rings. The Morgan fingerprint density at radius 1 is 0.610 bits per heavy atom. The summed E-state index contributed by atoms with van der Waals surface area (Å²) in [6.45, 7) is 0.689. The second-order valence-electron chi connectivity index (χ2n) is 9.12. The maximum atomic E-state index is 11.0. The van der Waals surface area contributed by atoms with E-state index in [1.54, 1.807) is 0 Å². The third kappa shape index (κ3) is 9.48. The highest BCUT2D eigenvalue weighted by Gasteiger charge is 2.16. The van der Waals surface area contributed by atoms with Crippen LogP contribution < -0.4 is 9.47 Å². The van der Waals surface area contributed by atoms with Gasteiger partial charge in [0, 0.05) is 17.8 Å². The first-order valence-corrected chi connectivity index (χ1v) is 15.7. The monoisotopic (exact) mass is 592 g/mol. The molecule has 0 saturated carbocycles. The van der Waals surface area contributed by atoms with Crippen molar-refractivity contribution in [1.29, 1.82) is 0 Å². The third-order valence-corrected chi connectivity index (χ3v) is 7.54. The van der Waals surface area contributed by atoms with Gasteiger partial charge in [-0.1, -0.05) is 84.9 Å². The minimum atomic E-state index is -4.01. The van der Waals surface area contributed by atoms with E-state index in [1.807, 2.05) is 72.8 Å². The fraction of sp³-hybridized carbons (Fsp3) is 0.188. The van der Waals surface area contributed by atoms with Gasteiger partial charge in [-0.15, -0.1) is 0 Å². The van der Waals surface area contributed by atoms with Crippen molar-refractivity contribution in [2.45, 2.75) is 12.8 Å². The van der Waals surface area contributed by atoms with Crippen LogP contribution in [0.4, 0.5) is 0 Å². The smallest absolute Gasteiger partial charge is 0.264 e. The zero-order valence-electron chi connectivity index (χ0n) is 22.4. The van der Waals surface area contributed by atoms with Gasteiger partial charge >= 0.3 is 0 Å². The average molecular weight is 593 g/mol. The Bertz CT molecular complexity index is 1490. The topological polar surface area (TPSA) is 102 Å². The first-order chi connectivity index (χ1) is 19.9. The van der Waals surface area contributed by atoms with Gasteiger partial charge in [-0.3, -0.25) is 4.55 Å². The van der Waals surface area contributed by atoms with E-state index in [1.165, 1.54) is 0 Å². The molecule has 0 aliphatic heterocycles. The molecular weight excluding hydrogens is 560 g/mol. The van der Waals surface area contributed by atoms with E-state index in [4.69, 9.17) is 19.3 Å². The van der Waals surface area contributed by atoms with Crippen molar-refractivity contribution in [3.05, 3.63) is 131 Å². The summed E-state index contributed by atoms with van der Waals surface area (Å²) < 4.78 is 46.5. The highest BCUT2D eigenvalue weighted by molar-refractivity contribution is 7.94. The molecule has 0 fully saturated rings. The second kappa shape index (κ2) is 15.4. The standard InChI is InChI=1S/C32H32O7S2/c33-39-40-23-7-21-37-29-17-13-27(14-18-29)31(25-9-3-1-4-10-25)32(26-11-5-2-6-12-26)28-15-19-30(20-16-28)38-22-8-24-41(34,35)36/h1-6,9-20,33H,7-8,21-24H2,(H,34,35,36)/b32-31+. The van der Waals surface area contributed by atoms with Crippen molar-refractivity contribution >= 4 is 33.3 Å². The van der Waals surface area contributed by atoms with E-state index in [0.29, 0.717) is 18.1 Å². The molecular formula is C32H32O7S2. The van der Waals surface area contributed by atoms with Crippen molar-refractivity contribution < 1.29 is 32.0 Å². The molecule has 9 heteroatoms. The van der Waals surface area contributed by atoms with Gasteiger partial charge in [-0.2, -0.15) is 12.8 Å². The molecule has 41 heavy (non-hydrogen) atoms. The van der Waals surface area contributed by atoms with Crippen LogP contribution in [0.5, 0.6) is 11.5 Å². The predicted molar refractivity (Wildman–Crippen MR) is 164 cm³/mol. The second-order valence-corrected chi connectivity index (χ2v) is 11.5. The highest BCUT2D eigenvalue weighted by Crippen LogP contribution is 2.37. The lowest BCUT2D eigenvalue weighted by Crippen LogP contribution is -2.08. The van der Waals surface area contributed by atoms with Gasteiger partial charge in [0.05, 0.1) is 19.0 Å². The predicted octanol–water partition coefficient (Wildman–Crippen LogP) is 7.26. The van der Waals surface area contributed by atoms with Gasteiger partial charge in [0.15, 0.2) is 0 Å². The first kappa shape index (κ1) is 30.4. The summed E-state index contributed by atoms with van der Waals surface area (Å²) >= 11 is 0.983. The molecule has 4 rings (SSSR count). The molecule has 214 valence electrons. The molecule has 0 spiro atoms. The molecule has 0 heterocycles. The van der Waals surface area contributed by atoms with Crippen molar-refractivity contribution in [3.8, 4) is 11.5 Å². The summed E-state index contributed by atoms with van der Waals surface area (Å²) in [5.74, 6) is 1.66. The average Bonchev–Trinajstić information content (AvgIpc) is 2.99. The quantitative estimate of drug-likeness (QED) is 0.0371. The number of hydrogen-bond donors (Lipinski definition) is 2. The third-order valence-electron chi connectivity index (χ3n) is 6.17. The Morgan fingerprint density at radius 3 is 1.44 bits per heavy atom. The molecule has 4 aromatic rings. The van der Waals surface area contributed by atoms with Crippen LogP contribution in [0.1, 0.15) is 35.1 Å². The summed E-state index contributed by atoms with van der Waals surface area (Å²) in [4.78, 5) is 0. The van der Waals surface area contributed by atoms with Gasteiger partial charge in [0.25, 0.3) is 10.1 Å². The van der Waals surface area contributed by atoms with Crippen LogP contribution in [0.15, 0.2) is 109 Å². The van der Waals surface area contributed by atoms with Crippen LogP contribution in [0.2, 0.25) is 0 Å². The zero-order valence-corrected chi connectivity index (χ0v) is 24.0. The van der Waals surface area contributed by atoms with E-state index in [-0.39, 0.29) is 18.8 Å². The molecule has 0 aliphatic carbocycles. The zero-order chi connectivity index (χ0) is 28.9. The summed E-state index contributed by atoms with van der Waals surface area (Å²) in [7, 11) is -4.01.